The van der Waals surface area contributed by atoms with Crippen molar-refractivity contribution in [1.82, 2.24) is 10.3 Å². The normalized spacial score (nSPS) is 10.9. The zero-order valence-electron chi connectivity index (χ0n) is 13.4. The number of fused-ring (bicyclic) bond motifs is 1. The van der Waals surface area contributed by atoms with Crippen molar-refractivity contribution in [3.8, 4) is 0 Å². The maximum Gasteiger partial charge on any atom is 0.220 e. The first-order valence-electron chi connectivity index (χ1n) is 7.79. The van der Waals surface area contributed by atoms with E-state index in [-0.39, 0.29) is 5.91 Å². The lowest BCUT2D eigenvalue weighted by atomic mass is 10.1. The molecule has 2 aromatic carbocycles. The second-order valence-corrected chi connectivity index (χ2v) is 6.90. The number of carbonyl (C=O) groups is 1. The number of para-hydroxylation sites is 1. The Morgan fingerprint density at radius 2 is 2.00 bits per heavy atom. The van der Waals surface area contributed by atoms with E-state index in [4.69, 9.17) is 0 Å². The highest BCUT2D eigenvalue weighted by Crippen LogP contribution is 2.22. The summed E-state index contributed by atoms with van der Waals surface area (Å²) >= 11 is 1.67. The number of thiazole rings is 1. The van der Waals surface area contributed by atoms with Gasteiger partial charge in [0, 0.05) is 19.4 Å². The largest absolute Gasteiger partial charge is 0.352 e. The van der Waals surface area contributed by atoms with Gasteiger partial charge in [-0.25, -0.2) is 4.98 Å². The van der Waals surface area contributed by atoms with Crippen molar-refractivity contribution < 1.29 is 4.79 Å². The van der Waals surface area contributed by atoms with Gasteiger partial charge >= 0.3 is 0 Å². The van der Waals surface area contributed by atoms with E-state index in [2.05, 4.69) is 48.4 Å². The fourth-order valence-corrected chi connectivity index (χ4v) is 3.54. The van der Waals surface area contributed by atoms with Crippen LogP contribution in [0, 0.1) is 13.8 Å². The Bertz CT molecular complexity index is 805. The minimum atomic E-state index is 0.0734. The summed E-state index contributed by atoms with van der Waals surface area (Å²) in [7, 11) is 0. The number of hydrogen-bond acceptors (Lipinski definition) is 3. The van der Waals surface area contributed by atoms with Crippen molar-refractivity contribution in [1.29, 1.82) is 0 Å². The van der Waals surface area contributed by atoms with Gasteiger partial charge in [-0.1, -0.05) is 35.9 Å². The van der Waals surface area contributed by atoms with Crippen LogP contribution in [0.15, 0.2) is 42.5 Å². The van der Waals surface area contributed by atoms with Gasteiger partial charge < -0.3 is 5.32 Å². The van der Waals surface area contributed by atoms with Crippen LogP contribution in [0.25, 0.3) is 10.2 Å². The monoisotopic (exact) mass is 324 g/mol. The number of benzene rings is 2. The summed E-state index contributed by atoms with van der Waals surface area (Å²) in [5.41, 5.74) is 4.65. The average Bonchev–Trinajstić information content (AvgIpc) is 2.95. The molecule has 118 valence electrons. The molecule has 0 fully saturated rings. The summed E-state index contributed by atoms with van der Waals surface area (Å²) in [4.78, 5) is 16.6. The van der Waals surface area contributed by atoms with Crippen molar-refractivity contribution in [3.05, 3.63) is 64.2 Å². The summed E-state index contributed by atoms with van der Waals surface area (Å²) in [6.07, 6.45) is 1.17. The first kappa shape index (κ1) is 15.7. The van der Waals surface area contributed by atoms with Gasteiger partial charge in [-0.15, -0.1) is 11.3 Å². The fourth-order valence-electron chi connectivity index (χ4n) is 2.57. The molecule has 1 heterocycles. The van der Waals surface area contributed by atoms with Crippen LogP contribution in [0.4, 0.5) is 0 Å². The van der Waals surface area contributed by atoms with Gasteiger partial charge in [-0.05, 0) is 37.1 Å². The quantitative estimate of drug-likeness (QED) is 0.765. The Morgan fingerprint density at radius 3 is 2.78 bits per heavy atom. The summed E-state index contributed by atoms with van der Waals surface area (Å²) in [5, 5.41) is 4.02. The van der Waals surface area contributed by atoms with Crippen molar-refractivity contribution in [2.75, 3.05) is 0 Å². The van der Waals surface area contributed by atoms with E-state index >= 15 is 0 Å². The number of rotatable bonds is 5. The van der Waals surface area contributed by atoms with E-state index in [1.807, 2.05) is 18.2 Å². The molecular formula is C19H20N2OS. The molecule has 0 aliphatic carbocycles. The van der Waals surface area contributed by atoms with Gasteiger partial charge in [-0.3, -0.25) is 4.79 Å². The smallest absolute Gasteiger partial charge is 0.220 e. The van der Waals surface area contributed by atoms with E-state index in [0.717, 1.165) is 10.5 Å². The van der Waals surface area contributed by atoms with Crippen LogP contribution in [0.3, 0.4) is 0 Å². The molecule has 4 heteroatoms. The standard InChI is InChI=1S/C19H20N2OS/c1-13-7-8-15(14(2)11-13)12-20-18(22)9-10-19-21-16-5-3-4-6-17(16)23-19/h3-8,11H,9-10,12H2,1-2H3,(H,20,22). The van der Waals surface area contributed by atoms with Crippen LogP contribution >= 0.6 is 11.3 Å². The van der Waals surface area contributed by atoms with Gasteiger partial charge in [0.25, 0.3) is 0 Å². The highest BCUT2D eigenvalue weighted by Gasteiger charge is 2.07. The van der Waals surface area contributed by atoms with E-state index in [0.29, 0.717) is 19.4 Å². The molecule has 0 atom stereocenters. The number of aryl methyl sites for hydroxylation is 3. The lowest BCUT2D eigenvalue weighted by Gasteiger charge is -2.08. The molecule has 0 radical (unpaired) electrons. The SMILES string of the molecule is Cc1ccc(CNC(=O)CCc2nc3ccccc3s2)c(C)c1. The molecule has 0 aliphatic heterocycles. The summed E-state index contributed by atoms with van der Waals surface area (Å²) in [6, 6.07) is 14.4. The minimum Gasteiger partial charge on any atom is -0.352 e. The van der Waals surface area contributed by atoms with Crippen LogP contribution in [0.5, 0.6) is 0 Å². The molecule has 3 aromatic rings. The van der Waals surface area contributed by atoms with Crippen molar-refractivity contribution in [2.45, 2.75) is 33.2 Å². The van der Waals surface area contributed by atoms with Crippen LogP contribution in [0.1, 0.15) is 28.1 Å². The maximum absolute atomic E-state index is 12.0. The fraction of sp³-hybridized carbons (Fsp3) is 0.263. The zero-order chi connectivity index (χ0) is 16.2. The van der Waals surface area contributed by atoms with Crippen molar-refractivity contribution in [2.24, 2.45) is 0 Å². The van der Waals surface area contributed by atoms with Gasteiger partial charge in [0.1, 0.15) is 0 Å². The number of amides is 1. The average molecular weight is 324 g/mol. The minimum absolute atomic E-state index is 0.0734. The Kier molecular flexibility index (Phi) is 4.72. The molecule has 1 N–H and O–H groups in total. The molecule has 1 aromatic heterocycles. The number of hydrogen-bond donors (Lipinski definition) is 1. The number of carbonyl (C=O) groups excluding carboxylic acids is 1. The van der Waals surface area contributed by atoms with E-state index in [9.17, 15) is 4.79 Å². The summed E-state index contributed by atoms with van der Waals surface area (Å²) < 4.78 is 1.18. The van der Waals surface area contributed by atoms with E-state index < -0.39 is 0 Å². The Morgan fingerprint density at radius 1 is 1.17 bits per heavy atom. The van der Waals surface area contributed by atoms with Crippen molar-refractivity contribution >= 4 is 27.5 Å². The maximum atomic E-state index is 12.0. The van der Waals surface area contributed by atoms with E-state index in [1.54, 1.807) is 11.3 Å². The molecule has 0 unspecified atom stereocenters. The Hall–Kier alpha value is -2.20. The molecule has 0 aliphatic rings. The molecule has 3 nitrogen and oxygen atoms in total. The predicted molar refractivity (Wildman–Crippen MR) is 95.7 cm³/mol. The molecule has 23 heavy (non-hydrogen) atoms. The van der Waals surface area contributed by atoms with Gasteiger partial charge in [0.2, 0.25) is 5.91 Å². The van der Waals surface area contributed by atoms with Crippen LogP contribution in [0.2, 0.25) is 0 Å². The van der Waals surface area contributed by atoms with Crippen LogP contribution < -0.4 is 5.32 Å². The van der Waals surface area contributed by atoms with Crippen LogP contribution in [-0.4, -0.2) is 10.9 Å². The second kappa shape index (κ2) is 6.92. The molecule has 0 saturated carbocycles. The third-order valence-electron chi connectivity index (χ3n) is 3.88. The number of nitrogens with zero attached hydrogens (tertiary/aromatic N) is 1. The summed E-state index contributed by atoms with van der Waals surface area (Å²) in [5.74, 6) is 0.0734. The molecule has 0 spiro atoms. The Balaban J connectivity index is 1.53. The van der Waals surface area contributed by atoms with Crippen LogP contribution in [-0.2, 0) is 17.8 Å². The molecule has 0 saturated heterocycles. The molecule has 0 bridgehead atoms. The second-order valence-electron chi connectivity index (χ2n) is 5.78. The zero-order valence-corrected chi connectivity index (χ0v) is 14.2. The van der Waals surface area contributed by atoms with Gasteiger partial charge in [0.05, 0.1) is 15.2 Å². The summed E-state index contributed by atoms with van der Waals surface area (Å²) in [6.45, 7) is 4.74. The van der Waals surface area contributed by atoms with E-state index in [1.165, 1.54) is 21.4 Å². The third kappa shape index (κ3) is 3.96. The highest BCUT2D eigenvalue weighted by atomic mass is 32.1. The Labute approximate surface area is 140 Å². The van der Waals surface area contributed by atoms with Gasteiger partial charge in [0.15, 0.2) is 0 Å². The predicted octanol–water partition coefficient (Wildman–Crippen LogP) is 4.16. The molecule has 1 amide bonds. The first-order valence-corrected chi connectivity index (χ1v) is 8.61. The lowest BCUT2D eigenvalue weighted by Crippen LogP contribution is -2.23. The lowest BCUT2D eigenvalue weighted by molar-refractivity contribution is -0.121. The highest BCUT2D eigenvalue weighted by molar-refractivity contribution is 7.18. The number of aromatic nitrogens is 1. The molecule has 3 rings (SSSR count). The number of nitrogens with one attached hydrogen (secondary N) is 1. The first-order chi connectivity index (χ1) is 11.1. The topological polar surface area (TPSA) is 42.0 Å². The third-order valence-corrected chi connectivity index (χ3v) is 4.97. The van der Waals surface area contributed by atoms with Crippen molar-refractivity contribution in [3.63, 3.8) is 0 Å². The molecular weight excluding hydrogens is 304 g/mol. The van der Waals surface area contributed by atoms with Gasteiger partial charge in [-0.2, -0.15) is 0 Å².